The van der Waals surface area contributed by atoms with E-state index in [2.05, 4.69) is 9.97 Å². The van der Waals surface area contributed by atoms with Crippen molar-refractivity contribution in [2.45, 2.75) is 37.2 Å². The number of benzene rings is 1. The van der Waals surface area contributed by atoms with E-state index in [0.717, 1.165) is 11.8 Å². The summed E-state index contributed by atoms with van der Waals surface area (Å²) in [6, 6.07) is 4.48. The Morgan fingerprint density at radius 2 is 1.82 bits per heavy atom. The Balaban J connectivity index is 1.68. The van der Waals surface area contributed by atoms with Crippen LogP contribution in [0.15, 0.2) is 35.5 Å². The number of nitrogens with zero attached hydrogens (tertiary/aromatic N) is 3. The van der Waals surface area contributed by atoms with Crippen molar-refractivity contribution in [3.05, 3.63) is 41.2 Å². The molecule has 1 aromatic carbocycles. The van der Waals surface area contributed by atoms with Gasteiger partial charge in [0.15, 0.2) is 15.7 Å². The van der Waals surface area contributed by atoms with Crippen LogP contribution in [0.25, 0.3) is 11.4 Å². The summed E-state index contributed by atoms with van der Waals surface area (Å²) in [5.74, 6) is 0.571. The molecule has 0 N–H and O–H groups in total. The van der Waals surface area contributed by atoms with Crippen LogP contribution in [0.5, 0.6) is 0 Å². The van der Waals surface area contributed by atoms with Gasteiger partial charge in [-0.1, -0.05) is 11.6 Å². The molecule has 150 valence electrons. The fourth-order valence-corrected chi connectivity index (χ4v) is 3.74. The maximum absolute atomic E-state index is 12.0. The molecule has 1 saturated heterocycles. The summed E-state index contributed by atoms with van der Waals surface area (Å²) in [4.78, 5) is 22.5. The second-order valence-corrected chi connectivity index (χ2v) is 10.3. The van der Waals surface area contributed by atoms with E-state index in [9.17, 15) is 13.2 Å². The second-order valence-electron chi connectivity index (χ2n) is 7.84. The van der Waals surface area contributed by atoms with E-state index in [-0.39, 0.29) is 21.9 Å². The Bertz CT molecular complexity index is 995. The van der Waals surface area contributed by atoms with Crippen LogP contribution in [-0.2, 0) is 14.6 Å². The first-order valence-electron chi connectivity index (χ1n) is 8.74. The Morgan fingerprint density at radius 1 is 1.21 bits per heavy atom. The SMILES string of the molecule is CC(C)(C)OC(=O)N1CC(c2cnc(-c3ccc(S(C)(=O)=O)cc3Cl)nc2)C1. The summed E-state index contributed by atoms with van der Waals surface area (Å²) in [6.07, 6.45) is 4.22. The van der Waals surface area contributed by atoms with E-state index in [1.54, 1.807) is 23.4 Å². The van der Waals surface area contributed by atoms with Crippen molar-refractivity contribution in [2.75, 3.05) is 19.3 Å². The lowest BCUT2D eigenvalue weighted by atomic mass is 9.94. The molecular weight excluding hydrogens is 402 g/mol. The molecule has 0 bridgehead atoms. The van der Waals surface area contributed by atoms with Crippen molar-refractivity contribution in [1.82, 2.24) is 14.9 Å². The van der Waals surface area contributed by atoms with Crippen molar-refractivity contribution >= 4 is 27.5 Å². The number of carbonyl (C=O) groups is 1. The highest BCUT2D eigenvalue weighted by molar-refractivity contribution is 7.90. The topological polar surface area (TPSA) is 89.5 Å². The van der Waals surface area contributed by atoms with Crippen molar-refractivity contribution < 1.29 is 17.9 Å². The van der Waals surface area contributed by atoms with Gasteiger partial charge in [-0.05, 0) is 44.5 Å². The van der Waals surface area contributed by atoms with Gasteiger partial charge in [-0.3, -0.25) is 0 Å². The summed E-state index contributed by atoms with van der Waals surface area (Å²) in [7, 11) is -3.33. The summed E-state index contributed by atoms with van der Waals surface area (Å²) in [6.45, 7) is 6.62. The number of ether oxygens (including phenoxy) is 1. The summed E-state index contributed by atoms with van der Waals surface area (Å²) in [5.41, 5.74) is 0.968. The molecule has 9 heteroatoms. The maximum Gasteiger partial charge on any atom is 0.410 e. The third kappa shape index (κ3) is 4.62. The van der Waals surface area contributed by atoms with Gasteiger partial charge in [-0.25, -0.2) is 23.2 Å². The first-order chi connectivity index (χ1) is 12.9. The van der Waals surface area contributed by atoms with Gasteiger partial charge in [-0.15, -0.1) is 0 Å². The number of hydrogen-bond donors (Lipinski definition) is 0. The second kappa shape index (κ2) is 7.33. The number of sulfone groups is 1. The van der Waals surface area contributed by atoms with Gasteiger partial charge in [0.25, 0.3) is 0 Å². The molecule has 1 fully saturated rings. The van der Waals surface area contributed by atoms with Crippen LogP contribution >= 0.6 is 11.6 Å². The minimum atomic E-state index is -3.33. The van der Waals surface area contributed by atoms with Crippen LogP contribution in [0.4, 0.5) is 4.79 Å². The molecule has 7 nitrogen and oxygen atoms in total. The van der Waals surface area contributed by atoms with Crippen LogP contribution in [0, 0.1) is 0 Å². The van der Waals surface area contributed by atoms with E-state index < -0.39 is 15.4 Å². The zero-order valence-electron chi connectivity index (χ0n) is 16.1. The van der Waals surface area contributed by atoms with E-state index >= 15 is 0 Å². The van der Waals surface area contributed by atoms with Gasteiger partial charge in [0.05, 0.1) is 9.92 Å². The largest absolute Gasteiger partial charge is 0.444 e. The minimum absolute atomic E-state index is 0.148. The first kappa shape index (κ1) is 20.5. The van der Waals surface area contributed by atoms with Crippen molar-refractivity contribution in [1.29, 1.82) is 0 Å². The van der Waals surface area contributed by atoms with E-state index in [0.29, 0.717) is 24.5 Å². The molecule has 2 heterocycles. The number of hydrogen-bond acceptors (Lipinski definition) is 6. The third-order valence-corrected chi connectivity index (χ3v) is 5.71. The lowest BCUT2D eigenvalue weighted by molar-refractivity contribution is 0.00814. The first-order valence-corrected chi connectivity index (χ1v) is 11.0. The molecule has 0 spiro atoms. The third-order valence-electron chi connectivity index (χ3n) is 4.29. The standard InChI is InChI=1S/C19H22ClN3O4S/c1-19(2,3)27-18(24)23-10-13(11-23)12-8-21-17(22-9-12)15-6-5-14(7-16(15)20)28(4,25)26/h5-9,13H,10-11H2,1-4H3. The normalized spacial score (nSPS) is 15.2. The van der Waals surface area contributed by atoms with Crippen molar-refractivity contribution in [2.24, 2.45) is 0 Å². The Kier molecular flexibility index (Phi) is 5.38. The van der Waals surface area contributed by atoms with Crippen LogP contribution in [0.1, 0.15) is 32.3 Å². The number of carbonyl (C=O) groups excluding carboxylic acids is 1. The molecule has 1 aromatic heterocycles. The molecule has 1 aliphatic heterocycles. The molecule has 2 aromatic rings. The average molecular weight is 424 g/mol. The van der Waals surface area contributed by atoms with Crippen LogP contribution < -0.4 is 0 Å². The summed E-state index contributed by atoms with van der Waals surface area (Å²) >= 11 is 6.21. The number of aromatic nitrogens is 2. The molecule has 1 aliphatic rings. The van der Waals surface area contributed by atoms with Gasteiger partial charge in [0.1, 0.15) is 5.60 Å². The van der Waals surface area contributed by atoms with Gasteiger partial charge in [0, 0.05) is 43.2 Å². The predicted octanol–water partition coefficient (Wildman–Crippen LogP) is 3.53. The fourth-order valence-electron chi connectivity index (χ4n) is 2.76. The monoisotopic (exact) mass is 423 g/mol. The molecular formula is C19H22ClN3O4S. The number of likely N-dealkylation sites (tertiary alicyclic amines) is 1. The molecule has 0 unspecified atom stereocenters. The minimum Gasteiger partial charge on any atom is -0.444 e. The predicted molar refractivity (Wildman–Crippen MR) is 106 cm³/mol. The number of amides is 1. The average Bonchev–Trinajstić information content (AvgIpc) is 2.51. The Hall–Kier alpha value is -2.19. The summed E-state index contributed by atoms with van der Waals surface area (Å²) in [5, 5.41) is 0.274. The zero-order valence-corrected chi connectivity index (χ0v) is 17.7. The maximum atomic E-state index is 12.0. The van der Waals surface area contributed by atoms with Gasteiger partial charge < -0.3 is 9.64 Å². The van der Waals surface area contributed by atoms with E-state index in [1.807, 2.05) is 20.8 Å². The number of rotatable bonds is 3. The molecule has 0 atom stereocenters. The van der Waals surface area contributed by atoms with Crippen molar-refractivity contribution in [3.63, 3.8) is 0 Å². The highest BCUT2D eigenvalue weighted by Crippen LogP contribution is 2.30. The molecule has 0 aliphatic carbocycles. The highest BCUT2D eigenvalue weighted by Gasteiger charge is 2.34. The van der Waals surface area contributed by atoms with Gasteiger partial charge in [-0.2, -0.15) is 0 Å². The highest BCUT2D eigenvalue weighted by atomic mass is 35.5. The quantitative estimate of drug-likeness (QED) is 0.750. The molecule has 1 amide bonds. The van der Waals surface area contributed by atoms with Gasteiger partial charge >= 0.3 is 6.09 Å². The lowest BCUT2D eigenvalue weighted by Gasteiger charge is -2.39. The lowest BCUT2D eigenvalue weighted by Crippen LogP contribution is -2.50. The van der Waals surface area contributed by atoms with Gasteiger partial charge in [0.2, 0.25) is 0 Å². The van der Waals surface area contributed by atoms with Crippen LogP contribution in [-0.4, -0.2) is 54.3 Å². The zero-order chi connectivity index (χ0) is 20.7. The Morgan fingerprint density at radius 3 is 2.32 bits per heavy atom. The number of halogens is 1. The van der Waals surface area contributed by atoms with Crippen LogP contribution in [0.3, 0.4) is 0 Å². The molecule has 3 rings (SSSR count). The molecule has 0 saturated carbocycles. The summed E-state index contributed by atoms with van der Waals surface area (Å²) < 4.78 is 28.6. The van der Waals surface area contributed by atoms with E-state index in [1.165, 1.54) is 12.1 Å². The van der Waals surface area contributed by atoms with E-state index in [4.69, 9.17) is 16.3 Å². The molecule has 28 heavy (non-hydrogen) atoms. The smallest absolute Gasteiger partial charge is 0.410 e. The van der Waals surface area contributed by atoms with Crippen molar-refractivity contribution in [3.8, 4) is 11.4 Å². The van der Waals surface area contributed by atoms with Crippen LogP contribution in [0.2, 0.25) is 5.02 Å². The fraction of sp³-hybridized carbons (Fsp3) is 0.421. The Labute approximate surface area is 169 Å². The molecule has 0 radical (unpaired) electrons.